The molecular formula is C9H9N3O4S. The van der Waals surface area contributed by atoms with Gasteiger partial charge in [-0.3, -0.25) is 0 Å². The van der Waals surface area contributed by atoms with E-state index in [0.29, 0.717) is 0 Å². The number of ether oxygens (including phenoxy) is 1. The van der Waals surface area contributed by atoms with Crippen LogP contribution in [0.1, 0.15) is 10.4 Å². The van der Waals surface area contributed by atoms with Crippen LogP contribution >= 0.6 is 0 Å². The van der Waals surface area contributed by atoms with Crippen LogP contribution in [0.4, 0.5) is 5.69 Å². The molecule has 8 heteroatoms. The van der Waals surface area contributed by atoms with Crippen LogP contribution in [-0.4, -0.2) is 27.8 Å². The Kier molecular flexibility index (Phi) is 3.72. The van der Waals surface area contributed by atoms with Crippen molar-refractivity contribution in [1.82, 2.24) is 0 Å². The molecule has 0 N–H and O–H groups in total. The highest BCUT2D eigenvalue weighted by atomic mass is 32.2. The van der Waals surface area contributed by atoms with Gasteiger partial charge in [0.05, 0.1) is 23.3 Å². The number of azide groups is 1. The summed E-state index contributed by atoms with van der Waals surface area (Å²) in [6.45, 7) is 0. The molecule has 90 valence electrons. The first-order valence-electron chi connectivity index (χ1n) is 4.37. The van der Waals surface area contributed by atoms with Gasteiger partial charge in [0.2, 0.25) is 0 Å². The molecule has 0 bridgehead atoms. The Balaban J connectivity index is 3.49. The van der Waals surface area contributed by atoms with Gasteiger partial charge < -0.3 is 4.74 Å². The molecular weight excluding hydrogens is 246 g/mol. The standard InChI is InChI=1S/C9H9N3O4S/c1-16-9(13)7-5-6(17(2,14)15)3-4-8(7)11-12-10/h3-5H,1-2H3. The zero-order chi connectivity index (χ0) is 13.1. The number of nitrogens with zero attached hydrogens (tertiary/aromatic N) is 3. The van der Waals surface area contributed by atoms with Gasteiger partial charge in [-0.2, -0.15) is 0 Å². The van der Waals surface area contributed by atoms with Crippen molar-refractivity contribution in [2.75, 3.05) is 13.4 Å². The highest BCUT2D eigenvalue weighted by Crippen LogP contribution is 2.24. The lowest BCUT2D eigenvalue weighted by molar-refractivity contribution is 0.0601. The van der Waals surface area contributed by atoms with Crippen molar-refractivity contribution < 1.29 is 17.9 Å². The van der Waals surface area contributed by atoms with E-state index in [9.17, 15) is 13.2 Å². The summed E-state index contributed by atoms with van der Waals surface area (Å²) in [5.74, 6) is -0.766. The zero-order valence-electron chi connectivity index (χ0n) is 9.11. The Morgan fingerprint density at radius 2 is 2.12 bits per heavy atom. The van der Waals surface area contributed by atoms with Crippen molar-refractivity contribution in [3.05, 3.63) is 34.2 Å². The molecule has 0 atom stereocenters. The first kappa shape index (κ1) is 13.0. The number of benzene rings is 1. The van der Waals surface area contributed by atoms with E-state index in [-0.39, 0.29) is 16.1 Å². The monoisotopic (exact) mass is 255 g/mol. The molecule has 0 aromatic heterocycles. The highest BCUT2D eigenvalue weighted by Gasteiger charge is 2.15. The van der Waals surface area contributed by atoms with Crippen molar-refractivity contribution >= 4 is 21.5 Å². The maximum absolute atomic E-state index is 11.4. The van der Waals surface area contributed by atoms with Crippen LogP contribution in [0.15, 0.2) is 28.2 Å². The average Bonchev–Trinajstić information content (AvgIpc) is 2.27. The van der Waals surface area contributed by atoms with E-state index < -0.39 is 15.8 Å². The van der Waals surface area contributed by atoms with Gasteiger partial charge in [0.1, 0.15) is 0 Å². The molecule has 0 unspecified atom stereocenters. The second-order valence-corrected chi connectivity index (χ2v) is 5.15. The lowest BCUT2D eigenvalue weighted by atomic mass is 10.2. The van der Waals surface area contributed by atoms with Gasteiger partial charge in [-0.05, 0) is 17.7 Å². The molecule has 0 amide bonds. The third kappa shape index (κ3) is 2.96. The normalized spacial score (nSPS) is 10.5. The quantitative estimate of drug-likeness (QED) is 0.355. The third-order valence-electron chi connectivity index (χ3n) is 1.95. The fourth-order valence-corrected chi connectivity index (χ4v) is 1.80. The Labute approximate surface area is 97.6 Å². The number of carbonyl (C=O) groups excluding carboxylic acids is 1. The van der Waals surface area contributed by atoms with Crippen molar-refractivity contribution in [2.45, 2.75) is 4.90 Å². The van der Waals surface area contributed by atoms with Crippen LogP contribution in [-0.2, 0) is 14.6 Å². The van der Waals surface area contributed by atoms with Crippen LogP contribution in [0.5, 0.6) is 0 Å². The van der Waals surface area contributed by atoms with Gasteiger partial charge in [0, 0.05) is 11.2 Å². The number of carbonyl (C=O) groups is 1. The van der Waals surface area contributed by atoms with E-state index >= 15 is 0 Å². The molecule has 0 radical (unpaired) electrons. The minimum Gasteiger partial charge on any atom is -0.465 e. The van der Waals surface area contributed by atoms with E-state index in [1.165, 1.54) is 12.1 Å². The fourth-order valence-electron chi connectivity index (χ4n) is 1.15. The molecule has 0 heterocycles. The predicted molar refractivity (Wildman–Crippen MR) is 59.7 cm³/mol. The van der Waals surface area contributed by atoms with Crippen LogP contribution in [0, 0.1) is 0 Å². The Hall–Kier alpha value is -2.05. The maximum atomic E-state index is 11.4. The number of methoxy groups -OCH3 is 1. The molecule has 0 spiro atoms. The summed E-state index contributed by atoms with van der Waals surface area (Å²) < 4.78 is 27.1. The van der Waals surface area contributed by atoms with Gasteiger partial charge in [0.15, 0.2) is 9.84 Å². The van der Waals surface area contributed by atoms with E-state index in [2.05, 4.69) is 14.8 Å². The topological polar surface area (TPSA) is 109 Å². The molecule has 1 aromatic rings. The van der Waals surface area contributed by atoms with E-state index in [1.54, 1.807) is 0 Å². The molecule has 0 fully saturated rings. The molecule has 17 heavy (non-hydrogen) atoms. The number of sulfone groups is 1. The minimum absolute atomic E-state index is 0.0201. The Bertz CT molecular complexity index is 603. The minimum atomic E-state index is -3.44. The van der Waals surface area contributed by atoms with Gasteiger partial charge in [-0.1, -0.05) is 11.2 Å². The molecule has 0 aliphatic carbocycles. The van der Waals surface area contributed by atoms with Crippen molar-refractivity contribution in [2.24, 2.45) is 5.11 Å². The largest absolute Gasteiger partial charge is 0.465 e. The van der Waals surface area contributed by atoms with E-state index in [0.717, 1.165) is 19.4 Å². The smallest absolute Gasteiger partial charge is 0.338 e. The molecule has 1 aromatic carbocycles. The van der Waals surface area contributed by atoms with Crippen molar-refractivity contribution in [1.29, 1.82) is 0 Å². The van der Waals surface area contributed by atoms with Gasteiger partial charge in [-0.15, -0.1) is 0 Å². The van der Waals surface area contributed by atoms with E-state index in [1.807, 2.05) is 0 Å². The average molecular weight is 255 g/mol. The number of hydrogen-bond donors (Lipinski definition) is 0. The summed E-state index contributed by atoms with van der Waals surface area (Å²) in [7, 11) is -2.29. The second kappa shape index (κ2) is 4.86. The molecule has 0 aliphatic rings. The van der Waals surface area contributed by atoms with Crippen LogP contribution in [0.2, 0.25) is 0 Å². The van der Waals surface area contributed by atoms with Crippen molar-refractivity contribution in [3.8, 4) is 0 Å². The summed E-state index contributed by atoms with van der Waals surface area (Å²) in [6, 6.07) is 3.62. The summed E-state index contributed by atoms with van der Waals surface area (Å²) in [6.07, 6.45) is 1.01. The molecule has 0 saturated carbocycles. The van der Waals surface area contributed by atoms with Crippen LogP contribution in [0.3, 0.4) is 0 Å². The molecule has 0 saturated heterocycles. The number of rotatable bonds is 3. The lowest BCUT2D eigenvalue weighted by Gasteiger charge is -2.05. The summed E-state index contributed by atoms with van der Waals surface area (Å²) >= 11 is 0. The third-order valence-corrected chi connectivity index (χ3v) is 3.06. The molecule has 7 nitrogen and oxygen atoms in total. The zero-order valence-corrected chi connectivity index (χ0v) is 9.93. The van der Waals surface area contributed by atoms with Gasteiger partial charge in [-0.25, -0.2) is 13.2 Å². The fraction of sp³-hybridized carbons (Fsp3) is 0.222. The maximum Gasteiger partial charge on any atom is 0.338 e. The first-order valence-corrected chi connectivity index (χ1v) is 6.27. The predicted octanol–water partition coefficient (Wildman–Crippen LogP) is 1.82. The van der Waals surface area contributed by atoms with Crippen molar-refractivity contribution in [3.63, 3.8) is 0 Å². The summed E-state index contributed by atoms with van der Waals surface area (Å²) in [4.78, 5) is 13.9. The highest BCUT2D eigenvalue weighted by molar-refractivity contribution is 7.90. The number of hydrogen-bond acceptors (Lipinski definition) is 5. The Morgan fingerprint density at radius 3 is 2.59 bits per heavy atom. The van der Waals surface area contributed by atoms with Gasteiger partial charge >= 0.3 is 5.97 Å². The summed E-state index contributed by atoms with van der Waals surface area (Å²) in [5, 5.41) is 3.28. The Morgan fingerprint density at radius 1 is 1.47 bits per heavy atom. The van der Waals surface area contributed by atoms with Gasteiger partial charge in [0.25, 0.3) is 0 Å². The molecule has 1 rings (SSSR count). The molecule has 0 aliphatic heterocycles. The lowest BCUT2D eigenvalue weighted by Crippen LogP contribution is -2.04. The van der Waals surface area contributed by atoms with E-state index in [4.69, 9.17) is 5.53 Å². The van der Waals surface area contributed by atoms with Crippen LogP contribution < -0.4 is 0 Å². The number of esters is 1. The summed E-state index contributed by atoms with van der Waals surface area (Å²) in [5.41, 5.74) is 8.25. The van der Waals surface area contributed by atoms with Crippen LogP contribution in [0.25, 0.3) is 10.4 Å². The second-order valence-electron chi connectivity index (χ2n) is 3.13. The SMILES string of the molecule is COC(=O)c1cc(S(C)(=O)=O)ccc1N=[N+]=[N-]. The first-order chi connectivity index (χ1) is 7.90.